The van der Waals surface area contributed by atoms with Gasteiger partial charge in [-0.3, -0.25) is 4.68 Å². The second-order valence-corrected chi connectivity index (χ2v) is 4.57. The van der Waals surface area contributed by atoms with Gasteiger partial charge in [-0.05, 0) is 13.3 Å². The van der Waals surface area contributed by atoms with Gasteiger partial charge in [0.15, 0.2) is 0 Å². The van der Waals surface area contributed by atoms with E-state index in [-0.39, 0.29) is 0 Å². The highest BCUT2D eigenvalue weighted by molar-refractivity contribution is 5.20. The van der Waals surface area contributed by atoms with Crippen LogP contribution in [0, 0.1) is 6.92 Å². The quantitative estimate of drug-likeness (QED) is 0.874. The van der Waals surface area contributed by atoms with Crippen molar-refractivity contribution in [2.45, 2.75) is 39.3 Å². The van der Waals surface area contributed by atoms with Crippen molar-refractivity contribution in [2.75, 3.05) is 0 Å². The number of hydrogen-bond donors (Lipinski definition) is 1. The molecule has 0 fully saturated rings. The molecule has 0 radical (unpaired) electrons. The largest absolute Gasteiger partial charge is 0.388 e. The first-order chi connectivity index (χ1) is 8.63. The lowest BCUT2D eigenvalue weighted by atomic mass is 10.1. The molecule has 0 aliphatic carbocycles. The highest BCUT2D eigenvalue weighted by Gasteiger charge is 2.16. The maximum Gasteiger partial charge on any atom is 0.111 e. The van der Waals surface area contributed by atoms with Gasteiger partial charge in [-0.2, -0.15) is 5.10 Å². The van der Waals surface area contributed by atoms with Gasteiger partial charge < -0.3 is 9.67 Å². The second kappa shape index (κ2) is 5.35. The predicted octanol–water partition coefficient (Wildman–Crippen LogP) is 1.61. The lowest BCUT2D eigenvalue weighted by Gasteiger charge is -2.11. The van der Waals surface area contributed by atoms with Crippen molar-refractivity contribution in [3.8, 4) is 0 Å². The molecule has 0 aliphatic rings. The van der Waals surface area contributed by atoms with Gasteiger partial charge in [0, 0.05) is 43.7 Å². The number of hydrogen-bond acceptors (Lipinski definition) is 3. The molecule has 0 amide bonds. The standard InChI is InChI=1S/C13H20N4O/c1-4-6-17-7-5-14-13(17)8-12(18)11-9-15-16(3)10(11)2/h5,7,9,12,18H,4,6,8H2,1-3H3. The second-order valence-electron chi connectivity index (χ2n) is 4.57. The first-order valence-corrected chi connectivity index (χ1v) is 6.30. The van der Waals surface area contributed by atoms with Crippen molar-refractivity contribution >= 4 is 0 Å². The van der Waals surface area contributed by atoms with Crippen molar-refractivity contribution in [3.63, 3.8) is 0 Å². The number of nitrogens with zero attached hydrogens (tertiary/aromatic N) is 4. The Hall–Kier alpha value is -1.62. The van der Waals surface area contributed by atoms with Gasteiger partial charge in [-0.25, -0.2) is 4.98 Å². The van der Waals surface area contributed by atoms with Crippen LogP contribution in [0.25, 0.3) is 0 Å². The first-order valence-electron chi connectivity index (χ1n) is 6.30. The van der Waals surface area contributed by atoms with Crippen LogP contribution in [0.4, 0.5) is 0 Å². The summed E-state index contributed by atoms with van der Waals surface area (Å²) in [5.74, 6) is 0.924. The molecule has 2 aromatic heterocycles. The van der Waals surface area contributed by atoms with Gasteiger partial charge in [-0.1, -0.05) is 6.92 Å². The summed E-state index contributed by atoms with van der Waals surface area (Å²) in [5, 5.41) is 14.4. The smallest absolute Gasteiger partial charge is 0.111 e. The maximum atomic E-state index is 10.3. The third kappa shape index (κ3) is 2.46. The van der Waals surface area contributed by atoms with E-state index in [0.717, 1.165) is 30.0 Å². The third-order valence-corrected chi connectivity index (χ3v) is 3.27. The summed E-state index contributed by atoms with van der Waals surface area (Å²) in [7, 11) is 1.88. The summed E-state index contributed by atoms with van der Waals surface area (Å²) in [6.07, 6.45) is 6.52. The van der Waals surface area contributed by atoms with Gasteiger partial charge in [0.1, 0.15) is 5.82 Å². The monoisotopic (exact) mass is 248 g/mol. The van der Waals surface area contributed by atoms with Crippen molar-refractivity contribution in [1.82, 2.24) is 19.3 Å². The molecule has 18 heavy (non-hydrogen) atoms. The molecule has 2 heterocycles. The Morgan fingerprint density at radius 2 is 2.22 bits per heavy atom. The molecule has 0 aliphatic heterocycles. The Bertz CT molecular complexity index is 515. The fraction of sp³-hybridized carbons (Fsp3) is 0.538. The molecule has 0 spiro atoms. The van der Waals surface area contributed by atoms with E-state index in [0.29, 0.717) is 6.42 Å². The molecule has 0 bridgehead atoms. The van der Waals surface area contributed by atoms with E-state index in [1.807, 2.05) is 20.2 Å². The molecular formula is C13H20N4O. The molecule has 5 nitrogen and oxygen atoms in total. The van der Waals surface area contributed by atoms with Crippen LogP contribution in [0.1, 0.15) is 36.5 Å². The zero-order chi connectivity index (χ0) is 13.1. The molecule has 2 rings (SSSR count). The zero-order valence-corrected chi connectivity index (χ0v) is 11.2. The molecule has 1 N–H and O–H groups in total. The Morgan fingerprint density at radius 3 is 2.83 bits per heavy atom. The SMILES string of the molecule is CCCn1ccnc1CC(O)c1cnn(C)c1C. The van der Waals surface area contributed by atoms with E-state index in [4.69, 9.17) is 0 Å². The number of aryl methyl sites for hydroxylation is 2. The average Bonchev–Trinajstić information content (AvgIpc) is 2.89. The summed E-state index contributed by atoms with van der Waals surface area (Å²) < 4.78 is 3.87. The van der Waals surface area contributed by atoms with Gasteiger partial charge in [0.05, 0.1) is 12.3 Å². The highest BCUT2D eigenvalue weighted by atomic mass is 16.3. The minimum absolute atomic E-state index is 0.527. The maximum absolute atomic E-state index is 10.3. The number of rotatable bonds is 5. The molecule has 98 valence electrons. The molecule has 0 saturated carbocycles. The van der Waals surface area contributed by atoms with E-state index in [1.165, 1.54) is 0 Å². The van der Waals surface area contributed by atoms with Gasteiger partial charge >= 0.3 is 0 Å². The number of imidazole rings is 1. The molecule has 0 saturated heterocycles. The van der Waals surface area contributed by atoms with Crippen molar-refractivity contribution in [1.29, 1.82) is 0 Å². The van der Waals surface area contributed by atoms with E-state index in [1.54, 1.807) is 17.1 Å². The van der Waals surface area contributed by atoms with E-state index < -0.39 is 6.10 Å². The Kier molecular flexibility index (Phi) is 3.81. The lowest BCUT2D eigenvalue weighted by molar-refractivity contribution is 0.173. The number of aliphatic hydroxyl groups excluding tert-OH is 1. The topological polar surface area (TPSA) is 55.9 Å². The van der Waals surface area contributed by atoms with Crippen LogP contribution in [0.15, 0.2) is 18.6 Å². The molecule has 1 atom stereocenters. The van der Waals surface area contributed by atoms with Gasteiger partial charge in [0.25, 0.3) is 0 Å². The van der Waals surface area contributed by atoms with Crippen LogP contribution >= 0.6 is 0 Å². The van der Waals surface area contributed by atoms with Gasteiger partial charge in [-0.15, -0.1) is 0 Å². The highest BCUT2D eigenvalue weighted by Crippen LogP contribution is 2.20. The van der Waals surface area contributed by atoms with Crippen LogP contribution in [0.5, 0.6) is 0 Å². The van der Waals surface area contributed by atoms with E-state index >= 15 is 0 Å². The van der Waals surface area contributed by atoms with Crippen molar-refractivity contribution < 1.29 is 5.11 Å². The zero-order valence-electron chi connectivity index (χ0n) is 11.2. The van der Waals surface area contributed by atoms with Crippen LogP contribution < -0.4 is 0 Å². The van der Waals surface area contributed by atoms with E-state index in [9.17, 15) is 5.11 Å². The van der Waals surface area contributed by atoms with Crippen molar-refractivity contribution in [3.05, 3.63) is 35.7 Å². The Morgan fingerprint density at radius 1 is 1.44 bits per heavy atom. The minimum Gasteiger partial charge on any atom is -0.388 e. The summed E-state index contributed by atoms with van der Waals surface area (Å²) in [5.41, 5.74) is 1.87. The summed E-state index contributed by atoms with van der Waals surface area (Å²) in [4.78, 5) is 4.31. The number of aromatic nitrogens is 4. The first kappa shape index (κ1) is 12.8. The number of aliphatic hydroxyl groups is 1. The molecule has 1 unspecified atom stereocenters. The van der Waals surface area contributed by atoms with Crippen LogP contribution in [-0.2, 0) is 20.0 Å². The van der Waals surface area contributed by atoms with E-state index in [2.05, 4.69) is 21.6 Å². The normalized spacial score (nSPS) is 12.9. The van der Waals surface area contributed by atoms with Crippen LogP contribution in [0.2, 0.25) is 0 Å². The average molecular weight is 248 g/mol. The predicted molar refractivity (Wildman–Crippen MR) is 69.1 cm³/mol. The fourth-order valence-electron chi connectivity index (χ4n) is 2.10. The van der Waals surface area contributed by atoms with Crippen LogP contribution in [0.3, 0.4) is 0 Å². The van der Waals surface area contributed by atoms with Crippen LogP contribution in [-0.4, -0.2) is 24.4 Å². The Balaban J connectivity index is 2.13. The molecular weight excluding hydrogens is 228 g/mol. The summed E-state index contributed by atoms with van der Waals surface area (Å²) in [6.45, 7) is 5.03. The lowest BCUT2D eigenvalue weighted by Crippen LogP contribution is -2.09. The summed E-state index contributed by atoms with van der Waals surface area (Å²) >= 11 is 0. The molecule has 0 aromatic carbocycles. The Labute approximate surface area is 107 Å². The summed E-state index contributed by atoms with van der Waals surface area (Å²) in [6, 6.07) is 0. The molecule has 5 heteroatoms. The molecule has 2 aromatic rings. The van der Waals surface area contributed by atoms with Gasteiger partial charge in [0.2, 0.25) is 0 Å². The van der Waals surface area contributed by atoms with Crippen molar-refractivity contribution in [2.24, 2.45) is 7.05 Å². The fourth-order valence-corrected chi connectivity index (χ4v) is 2.10. The third-order valence-electron chi connectivity index (χ3n) is 3.27. The minimum atomic E-state index is -0.545.